The average molecular weight is 570 g/mol. The second kappa shape index (κ2) is 10.3. The lowest BCUT2D eigenvalue weighted by Gasteiger charge is -2.20. The maximum absolute atomic E-state index is 12.4. The number of anilines is 2. The van der Waals surface area contributed by atoms with Gasteiger partial charge in [0, 0.05) is 39.2 Å². The summed E-state index contributed by atoms with van der Waals surface area (Å²) < 4.78 is 6.93. The number of oxazole rings is 1. The fourth-order valence-electron chi connectivity index (χ4n) is 3.50. The normalized spacial score (nSPS) is 10.8. The van der Waals surface area contributed by atoms with Gasteiger partial charge in [-0.15, -0.1) is 0 Å². The van der Waals surface area contributed by atoms with Crippen molar-refractivity contribution in [1.82, 2.24) is 10.3 Å². The molecule has 0 spiro atoms. The van der Waals surface area contributed by atoms with Crippen molar-refractivity contribution in [2.24, 2.45) is 0 Å². The van der Waals surface area contributed by atoms with Crippen molar-refractivity contribution >= 4 is 68.3 Å². The zero-order valence-corrected chi connectivity index (χ0v) is 21.2. The maximum atomic E-state index is 12.4. The Morgan fingerprint density at radius 2 is 1.82 bits per heavy atom. The Morgan fingerprint density at radius 3 is 2.52 bits per heavy atom. The van der Waals surface area contributed by atoms with E-state index >= 15 is 0 Å². The summed E-state index contributed by atoms with van der Waals surface area (Å²) in [4.78, 5) is 19.3. The molecule has 33 heavy (non-hydrogen) atoms. The molecule has 0 aliphatic heterocycles. The van der Waals surface area contributed by atoms with Gasteiger partial charge in [0.15, 0.2) is 10.7 Å². The van der Waals surface area contributed by atoms with Gasteiger partial charge in [-0.05, 0) is 109 Å². The zero-order chi connectivity index (χ0) is 23.4. The van der Waals surface area contributed by atoms with Crippen molar-refractivity contribution in [2.75, 3.05) is 23.3 Å². The van der Waals surface area contributed by atoms with Crippen LogP contribution >= 0.6 is 34.8 Å². The van der Waals surface area contributed by atoms with Crippen LogP contribution in [0.1, 0.15) is 24.2 Å². The number of nitrogens with one attached hydrogen (secondary N) is 2. The van der Waals surface area contributed by atoms with E-state index in [1.54, 1.807) is 12.1 Å². The number of nitrogens with zero attached hydrogens (tertiary/aromatic N) is 2. The summed E-state index contributed by atoms with van der Waals surface area (Å²) in [5.41, 5.74) is 4.73. The van der Waals surface area contributed by atoms with Crippen LogP contribution in [0.4, 0.5) is 11.4 Å². The Kier molecular flexibility index (Phi) is 7.24. The number of hydrogen-bond donors (Lipinski definition) is 2. The number of rotatable bonds is 6. The van der Waals surface area contributed by atoms with Gasteiger partial charge >= 0.3 is 0 Å². The van der Waals surface area contributed by atoms with Gasteiger partial charge in [-0.25, -0.2) is 4.98 Å². The molecule has 0 bridgehead atoms. The van der Waals surface area contributed by atoms with Gasteiger partial charge in [0.25, 0.3) is 5.91 Å². The number of carbonyl (C=O) groups is 1. The SMILES string of the molecule is CCN(CC)c1ccc(-c2nc3cc(NC(=S)NC(=O)c4cccc(I)c4)ccc3o2)cc1. The number of halogens is 1. The predicted octanol–water partition coefficient (Wildman–Crippen LogP) is 6.07. The third-order valence-corrected chi connectivity index (χ3v) is 6.08. The van der Waals surface area contributed by atoms with Crippen LogP contribution in [0.25, 0.3) is 22.6 Å². The van der Waals surface area contributed by atoms with Crippen molar-refractivity contribution in [3.8, 4) is 11.5 Å². The second-order valence-electron chi connectivity index (χ2n) is 7.34. The molecular weight excluding hydrogens is 547 g/mol. The first-order chi connectivity index (χ1) is 16.0. The van der Waals surface area contributed by atoms with Crippen LogP contribution in [0.15, 0.2) is 71.1 Å². The van der Waals surface area contributed by atoms with E-state index in [0.29, 0.717) is 28.2 Å². The van der Waals surface area contributed by atoms with E-state index in [9.17, 15) is 4.79 Å². The number of hydrogen-bond acceptors (Lipinski definition) is 5. The molecule has 0 atom stereocenters. The molecule has 1 heterocycles. The third-order valence-electron chi connectivity index (χ3n) is 5.20. The minimum atomic E-state index is -0.260. The van der Waals surface area contributed by atoms with Gasteiger partial charge in [-0.3, -0.25) is 10.1 Å². The summed E-state index contributed by atoms with van der Waals surface area (Å²) >= 11 is 7.48. The van der Waals surface area contributed by atoms with Crippen LogP contribution in [-0.2, 0) is 0 Å². The number of carbonyl (C=O) groups excluding carboxylic acids is 1. The summed E-state index contributed by atoms with van der Waals surface area (Å²) in [5.74, 6) is 0.298. The molecule has 0 saturated heterocycles. The Balaban J connectivity index is 1.46. The van der Waals surface area contributed by atoms with Gasteiger partial charge in [0.1, 0.15) is 5.52 Å². The zero-order valence-electron chi connectivity index (χ0n) is 18.3. The monoisotopic (exact) mass is 570 g/mol. The van der Waals surface area contributed by atoms with E-state index in [2.05, 4.69) is 69.1 Å². The average Bonchev–Trinajstić information content (AvgIpc) is 3.23. The van der Waals surface area contributed by atoms with Crippen LogP contribution in [-0.4, -0.2) is 29.1 Å². The minimum absolute atomic E-state index is 0.217. The quantitative estimate of drug-likeness (QED) is 0.217. The topological polar surface area (TPSA) is 70.4 Å². The fourth-order valence-corrected chi connectivity index (χ4v) is 4.25. The van der Waals surface area contributed by atoms with Gasteiger partial charge in [-0.2, -0.15) is 0 Å². The molecule has 1 aromatic heterocycles. The van der Waals surface area contributed by atoms with Crippen LogP contribution in [0.3, 0.4) is 0 Å². The van der Waals surface area contributed by atoms with Crippen LogP contribution in [0, 0.1) is 3.57 Å². The van der Waals surface area contributed by atoms with Crippen molar-refractivity contribution in [3.05, 3.63) is 75.9 Å². The lowest BCUT2D eigenvalue weighted by atomic mass is 10.2. The lowest BCUT2D eigenvalue weighted by Crippen LogP contribution is -2.34. The van der Waals surface area contributed by atoms with Crippen LogP contribution in [0.5, 0.6) is 0 Å². The maximum Gasteiger partial charge on any atom is 0.257 e. The molecule has 0 saturated carbocycles. The molecule has 4 aromatic rings. The van der Waals surface area contributed by atoms with E-state index in [1.807, 2.05) is 42.5 Å². The predicted molar refractivity (Wildman–Crippen MR) is 146 cm³/mol. The third kappa shape index (κ3) is 5.51. The Morgan fingerprint density at radius 1 is 1.06 bits per heavy atom. The number of aromatic nitrogens is 1. The van der Waals surface area contributed by atoms with E-state index < -0.39 is 0 Å². The molecule has 168 valence electrons. The number of thiocarbonyl (C=S) groups is 1. The number of amides is 1. The molecule has 0 aliphatic carbocycles. The molecule has 0 unspecified atom stereocenters. The van der Waals surface area contributed by atoms with E-state index in [-0.39, 0.29) is 11.0 Å². The summed E-state index contributed by atoms with van der Waals surface area (Å²) in [5, 5.41) is 5.96. The van der Waals surface area contributed by atoms with Gasteiger partial charge in [-0.1, -0.05) is 6.07 Å². The van der Waals surface area contributed by atoms with Crippen molar-refractivity contribution in [3.63, 3.8) is 0 Å². The van der Waals surface area contributed by atoms with Crippen molar-refractivity contribution in [2.45, 2.75) is 13.8 Å². The van der Waals surface area contributed by atoms with E-state index in [4.69, 9.17) is 16.6 Å². The molecule has 1 amide bonds. The highest BCUT2D eigenvalue weighted by Crippen LogP contribution is 2.28. The highest BCUT2D eigenvalue weighted by molar-refractivity contribution is 14.1. The summed E-state index contributed by atoms with van der Waals surface area (Å²) in [6.45, 7) is 6.20. The largest absolute Gasteiger partial charge is 0.436 e. The molecule has 0 aliphatic rings. The number of fused-ring (bicyclic) bond motifs is 1. The van der Waals surface area contributed by atoms with Crippen LogP contribution < -0.4 is 15.5 Å². The highest BCUT2D eigenvalue weighted by atomic mass is 127. The first-order valence-corrected chi connectivity index (χ1v) is 12.1. The molecule has 0 fully saturated rings. The fraction of sp³-hybridized carbons (Fsp3) is 0.160. The van der Waals surface area contributed by atoms with Gasteiger partial charge in [0.05, 0.1) is 0 Å². The molecule has 0 radical (unpaired) electrons. The molecule has 6 nitrogen and oxygen atoms in total. The molecular formula is C25H23IN4O2S. The van der Waals surface area contributed by atoms with Crippen molar-refractivity contribution in [1.29, 1.82) is 0 Å². The minimum Gasteiger partial charge on any atom is -0.436 e. The van der Waals surface area contributed by atoms with Crippen LogP contribution in [0.2, 0.25) is 0 Å². The smallest absolute Gasteiger partial charge is 0.257 e. The van der Waals surface area contributed by atoms with E-state index in [0.717, 1.165) is 22.2 Å². The first kappa shape index (κ1) is 23.2. The number of benzene rings is 3. The highest BCUT2D eigenvalue weighted by Gasteiger charge is 2.12. The Bertz CT molecular complexity index is 1300. The molecule has 3 aromatic carbocycles. The summed E-state index contributed by atoms with van der Waals surface area (Å²) in [7, 11) is 0. The molecule has 2 N–H and O–H groups in total. The van der Waals surface area contributed by atoms with E-state index in [1.165, 1.54) is 5.69 Å². The Hall–Kier alpha value is -2.98. The van der Waals surface area contributed by atoms with Crippen molar-refractivity contribution < 1.29 is 9.21 Å². The second-order valence-corrected chi connectivity index (χ2v) is 8.99. The Labute approximate surface area is 211 Å². The summed E-state index contributed by atoms with van der Waals surface area (Å²) in [6, 6.07) is 21.0. The molecule has 8 heteroatoms. The van der Waals surface area contributed by atoms with Gasteiger partial charge < -0.3 is 14.6 Å². The molecule has 4 rings (SSSR count). The standard InChI is InChI=1S/C25H23IN4O2S/c1-3-30(4-2)20-11-8-16(9-12-20)24-28-21-15-19(10-13-22(21)32-24)27-25(33)29-23(31)17-6-5-7-18(26)14-17/h5-15H,3-4H2,1-2H3,(H2,27,29,31,33). The first-order valence-electron chi connectivity index (χ1n) is 10.6. The van der Waals surface area contributed by atoms with Gasteiger partial charge in [0.2, 0.25) is 5.89 Å². The lowest BCUT2D eigenvalue weighted by molar-refractivity contribution is 0.0977. The summed E-state index contributed by atoms with van der Waals surface area (Å²) in [6.07, 6.45) is 0.